The molecule has 0 heterocycles. The Hall–Kier alpha value is -0.860. The molecule has 0 radical (unpaired) electrons. The lowest BCUT2D eigenvalue weighted by Gasteiger charge is -2.08. The van der Waals surface area contributed by atoms with Gasteiger partial charge in [0.1, 0.15) is 0 Å². The quantitative estimate of drug-likeness (QED) is 0.773. The average molecular weight is 306 g/mol. The predicted octanol–water partition coefficient (Wildman–Crippen LogP) is 4.53. The fraction of sp³-hybridized carbons (Fsp3) is 0.375. The Kier molecular flexibility index (Phi) is 5.21. The topological polar surface area (TPSA) is 12.0 Å². The van der Waals surface area contributed by atoms with Crippen LogP contribution in [0.5, 0.6) is 0 Å². The average Bonchev–Trinajstić information content (AvgIpc) is 2.41. The highest BCUT2D eigenvalue weighted by molar-refractivity contribution is 9.10. The number of nitrogens with one attached hydrogen (secondary N) is 1. The van der Waals surface area contributed by atoms with Crippen LogP contribution >= 0.6 is 15.9 Å². The van der Waals surface area contributed by atoms with Crippen molar-refractivity contribution in [2.75, 3.05) is 13.6 Å². The van der Waals surface area contributed by atoms with Crippen LogP contribution in [0.4, 0.5) is 0 Å². The first kappa shape index (κ1) is 13.6. The first-order chi connectivity index (χ1) is 8.83. The van der Waals surface area contributed by atoms with Gasteiger partial charge in [-0.05, 0) is 55.3 Å². The number of rotatable bonds is 6. The second-order valence-corrected chi connectivity index (χ2v) is 5.52. The highest BCUT2D eigenvalue weighted by Crippen LogP contribution is 2.27. The third-order valence-electron chi connectivity index (χ3n) is 3.33. The third-order valence-corrected chi connectivity index (χ3v) is 4.03. The third kappa shape index (κ3) is 3.33. The molecule has 96 valence electrons. The van der Waals surface area contributed by atoms with Crippen molar-refractivity contribution in [2.45, 2.75) is 25.7 Å². The van der Waals surface area contributed by atoms with Crippen molar-refractivity contribution in [3.05, 3.63) is 46.4 Å². The van der Waals surface area contributed by atoms with E-state index in [1.165, 1.54) is 46.5 Å². The van der Waals surface area contributed by atoms with E-state index in [4.69, 9.17) is 0 Å². The molecule has 2 aromatic rings. The van der Waals surface area contributed by atoms with Crippen LogP contribution in [0.3, 0.4) is 0 Å². The molecule has 0 saturated carbocycles. The highest BCUT2D eigenvalue weighted by Gasteiger charge is 2.03. The zero-order valence-corrected chi connectivity index (χ0v) is 12.5. The monoisotopic (exact) mass is 305 g/mol. The molecule has 0 aliphatic rings. The molecular weight excluding hydrogens is 286 g/mol. The van der Waals surface area contributed by atoms with Crippen molar-refractivity contribution >= 4 is 26.7 Å². The Labute approximate surface area is 118 Å². The van der Waals surface area contributed by atoms with Crippen LogP contribution < -0.4 is 5.32 Å². The van der Waals surface area contributed by atoms with E-state index in [0.29, 0.717) is 0 Å². The molecule has 2 rings (SSSR count). The van der Waals surface area contributed by atoms with Crippen molar-refractivity contribution < 1.29 is 0 Å². The lowest BCUT2D eigenvalue weighted by atomic mass is 10.00. The first-order valence-corrected chi connectivity index (χ1v) is 7.43. The molecule has 0 spiro atoms. The van der Waals surface area contributed by atoms with Gasteiger partial charge in [0.2, 0.25) is 0 Å². The molecule has 2 aromatic carbocycles. The Bertz CT molecular complexity index is 507. The van der Waals surface area contributed by atoms with Crippen LogP contribution in [-0.4, -0.2) is 13.6 Å². The summed E-state index contributed by atoms with van der Waals surface area (Å²) in [5.41, 5.74) is 1.47. The summed E-state index contributed by atoms with van der Waals surface area (Å²) >= 11 is 3.63. The van der Waals surface area contributed by atoms with Gasteiger partial charge >= 0.3 is 0 Å². The van der Waals surface area contributed by atoms with Crippen LogP contribution in [0.1, 0.15) is 24.8 Å². The van der Waals surface area contributed by atoms with Crippen molar-refractivity contribution in [3.8, 4) is 0 Å². The smallest absolute Gasteiger partial charge is 0.0253 e. The minimum Gasteiger partial charge on any atom is -0.320 e. The molecule has 0 amide bonds. The largest absolute Gasteiger partial charge is 0.320 e. The Morgan fingerprint density at radius 2 is 1.72 bits per heavy atom. The molecule has 0 aliphatic heterocycles. The highest BCUT2D eigenvalue weighted by atomic mass is 79.9. The molecule has 0 aromatic heterocycles. The Balaban J connectivity index is 2.07. The lowest BCUT2D eigenvalue weighted by molar-refractivity contribution is 0.643. The van der Waals surface area contributed by atoms with E-state index < -0.39 is 0 Å². The van der Waals surface area contributed by atoms with Gasteiger partial charge in [-0.25, -0.2) is 0 Å². The number of fused-ring (bicyclic) bond motifs is 1. The maximum atomic E-state index is 3.63. The van der Waals surface area contributed by atoms with Crippen molar-refractivity contribution in [2.24, 2.45) is 0 Å². The second kappa shape index (κ2) is 6.91. The summed E-state index contributed by atoms with van der Waals surface area (Å²) in [6.07, 6.45) is 5.01. The first-order valence-electron chi connectivity index (χ1n) is 6.63. The van der Waals surface area contributed by atoms with Gasteiger partial charge in [-0.1, -0.05) is 52.7 Å². The van der Waals surface area contributed by atoms with E-state index >= 15 is 0 Å². The van der Waals surface area contributed by atoms with Gasteiger partial charge < -0.3 is 5.32 Å². The van der Waals surface area contributed by atoms with Gasteiger partial charge in [-0.3, -0.25) is 0 Å². The Morgan fingerprint density at radius 3 is 2.50 bits per heavy atom. The van der Waals surface area contributed by atoms with E-state index in [2.05, 4.69) is 57.6 Å². The van der Waals surface area contributed by atoms with Gasteiger partial charge in [0.05, 0.1) is 0 Å². The summed E-state index contributed by atoms with van der Waals surface area (Å²) in [6, 6.07) is 13.1. The van der Waals surface area contributed by atoms with Crippen LogP contribution in [-0.2, 0) is 6.42 Å². The Morgan fingerprint density at radius 1 is 0.944 bits per heavy atom. The molecule has 0 unspecified atom stereocenters. The van der Waals surface area contributed by atoms with Crippen molar-refractivity contribution in [3.63, 3.8) is 0 Å². The second-order valence-electron chi connectivity index (χ2n) is 4.67. The summed E-state index contributed by atoms with van der Waals surface area (Å²) in [6.45, 7) is 1.13. The van der Waals surface area contributed by atoms with Gasteiger partial charge in [-0.15, -0.1) is 0 Å². The normalized spacial score (nSPS) is 11.0. The van der Waals surface area contributed by atoms with E-state index in [1.807, 2.05) is 7.05 Å². The van der Waals surface area contributed by atoms with E-state index in [1.54, 1.807) is 0 Å². The zero-order chi connectivity index (χ0) is 12.8. The summed E-state index contributed by atoms with van der Waals surface area (Å²) in [5.74, 6) is 0. The van der Waals surface area contributed by atoms with E-state index in [-0.39, 0.29) is 0 Å². The van der Waals surface area contributed by atoms with Crippen LogP contribution in [0.25, 0.3) is 10.8 Å². The molecule has 1 nitrogen and oxygen atoms in total. The molecular formula is C16H20BrN. The number of benzene rings is 2. The maximum Gasteiger partial charge on any atom is 0.0253 e. The van der Waals surface area contributed by atoms with Gasteiger partial charge in [0.25, 0.3) is 0 Å². The van der Waals surface area contributed by atoms with Gasteiger partial charge in [0.15, 0.2) is 0 Å². The number of hydrogen-bond acceptors (Lipinski definition) is 1. The minimum atomic E-state index is 1.13. The molecule has 0 bridgehead atoms. The number of aryl methyl sites for hydroxylation is 1. The fourth-order valence-electron chi connectivity index (χ4n) is 2.34. The zero-order valence-electron chi connectivity index (χ0n) is 10.9. The summed E-state index contributed by atoms with van der Waals surface area (Å²) in [4.78, 5) is 0. The standard InChI is InChI=1S/C16H20BrN/c1-18-12-6-2-3-7-13-10-11-16(17)15-9-5-4-8-14(13)15/h4-5,8-11,18H,2-3,6-7,12H2,1H3. The predicted molar refractivity (Wildman–Crippen MR) is 83.1 cm³/mol. The summed E-state index contributed by atoms with van der Waals surface area (Å²) in [5, 5.41) is 5.91. The molecule has 0 atom stereocenters. The van der Waals surface area contributed by atoms with E-state index in [9.17, 15) is 0 Å². The molecule has 0 saturated heterocycles. The van der Waals surface area contributed by atoms with Crippen LogP contribution in [0.15, 0.2) is 40.9 Å². The number of halogens is 1. The summed E-state index contributed by atoms with van der Waals surface area (Å²) in [7, 11) is 2.02. The lowest BCUT2D eigenvalue weighted by Crippen LogP contribution is -2.07. The van der Waals surface area contributed by atoms with Crippen molar-refractivity contribution in [1.29, 1.82) is 0 Å². The summed E-state index contributed by atoms with van der Waals surface area (Å²) < 4.78 is 1.19. The molecule has 0 fully saturated rings. The molecule has 18 heavy (non-hydrogen) atoms. The molecule has 0 aliphatic carbocycles. The van der Waals surface area contributed by atoms with Gasteiger partial charge in [-0.2, -0.15) is 0 Å². The number of unbranched alkanes of at least 4 members (excludes halogenated alkanes) is 2. The number of hydrogen-bond donors (Lipinski definition) is 1. The molecule has 1 N–H and O–H groups in total. The fourth-order valence-corrected chi connectivity index (χ4v) is 2.81. The SMILES string of the molecule is CNCCCCCc1ccc(Br)c2ccccc12. The van der Waals surface area contributed by atoms with Gasteiger partial charge in [0, 0.05) is 4.47 Å². The van der Waals surface area contributed by atoms with Crippen LogP contribution in [0.2, 0.25) is 0 Å². The van der Waals surface area contributed by atoms with Crippen LogP contribution in [0, 0.1) is 0 Å². The minimum absolute atomic E-state index is 1.13. The maximum absolute atomic E-state index is 3.63. The van der Waals surface area contributed by atoms with E-state index in [0.717, 1.165) is 6.54 Å². The molecule has 2 heteroatoms. The van der Waals surface area contributed by atoms with Crippen molar-refractivity contribution in [1.82, 2.24) is 5.32 Å².